The number of halogens is 1. The first-order chi connectivity index (χ1) is 8.09. The maximum Gasteiger partial charge on any atom is 0.256 e. The number of hydrogen-bond donors (Lipinski definition) is 2. The zero-order chi connectivity index (χ0) is 12.4. The van der Waals surface area contributed by atoms with Crippen molar-refractivity contribution in [3.63, 3.8) is 0 Å². The Morgan fingerprint density at radius 1 is 1.41 bits per heavy atom. The summed E-state index contributed by atoms with van der Waals surface area (Å²) in [5.41, 5.74) is 8.27. The molecule has 1 aromatic heterocycles. The maximum absolute atomic E-state index is 12.0. The highest BCUT2D eigenvalue weighted by atomic mass is 35.5. The number of para-hydroxylation sites is 1. The van der Waals surface area contributed by atoms with Crippen molar-refractivity contribution in [2.45, 2.75) is 6.92 Å². The minimum atomic E-state index is -0.191. The summed E-state index contributed by atoms with van der Waals surface area (Å²) in [6.45, 7) is 1.89. The van der Waals surface area contributed by atoms with Crippen LogP contribution in [0, 0.1) is 6.92 Å². The molecule has 0 fully saturated rings. The lowest BCUT2D eigenvalue weighted by atomic mass is 10.2. The quantitative estimate of drug-likeness (QED) is 0.817. The first-order valence-electron chi connectivity index (χ1n) is 4.97. The number of anilines is 2. The summed E-state index contributed by atoms with van der Waals surface area (Å²) in [5, 5.41) is 6.89. The highest BCUT2D eigenvalue weighted by molar-refractivity contribution is 7.08. The number of hydrogen-bond acceptors (Lipinski definition) is 3. The van der Waals surface area contributed by atoms with E-state index in [2.05, 4.69) is 5.32 Å². The molecule has 1 heterocycles. The monoisotopic (exact) mass is 266 g/mol. The predicted octanol–water partition coefficient (Wildman–Crippen LogP) is 3.54. The molecule has 0 aliphatic rings. The summed E-state index contributed by atoms with van der Waals surface area (Å²) >= 11 is 7.47. The van der Waals surface area contributed by atoms with Gasteiger partial charge in [-0.05, 0) is 30.0 Å². The normalized spacial score (nSPS) is 10.2. The number of benzene rings is 1. The van der Waals surface area contributed by atoms with Crippen molar-refractivity contribution < 1.29 is 4.79 Å². The molecule has 1 amide bonds. The Morgan fingerprint density at radius 3 is 2.76 bits per heavy atom. The molecule has 1 aromatic carbocycles. The second-order valence-corrected chi connectivity index (χ2v) is 4.78. The Labute approximate surface area is 108 Å². The summed E-state index contributed by atoms with van der Waals surface area (Å²) in [6.07, 6.45) is 0. The second kappa shape index (κ2) is 4.77. The molecule has 0 aliphatic carbocycles. The average Bonchev–Trinajstić information content (AvgIpc) is 2.70. The number of thiophene rings is 1. The van der Waals surface area contributed by atoms with Crippen LogP contribution in [0.5, 0.6) is 0 Å². The molecule has 2 rings (SSSR count). The fourth-order valence-corrected chi connectivity index (χ4v) is 2.50. The molecule has 0 saturated heterocycles. The lowest BCUT2D eigenvalue weighted by Crippen LogP contribution is -2.13. The van der Waals surface area contributed by atoms with E-state index in [0.717, 1.165) is 5.56 Å². The van der Waals surface area contributed by atoms with Gasteiger partial charge in [-0.15, -0.1) is 0 Å². The first-order valence-corrected chi connectivity index (χ1v) is 6.30. The number of rotatable bonds is 2. The van der Waals surface area contributed by atoms with Gasteiger partial charge in [0.05, 0.1) is 22.0 Å². The highest BCUT2D eigenvalue weighted by Crippen LogP contribution is 2.28. The van der Waals surface area contributed by atoms with E-state index in [4.69, 9.17) is 17.3 Å². The molecule has 3 nitrogen and oxygen atoms in total. The molecule has 3 N–H and O–H groups in total. The lowest BCUT2D eigenvalue weighted by molar-refractivity contribution is 0.102. The Hall–Kier alpha value is -1.52. The number of amides is 1. The van der Waals surface area contributed by atoms with Gasteiger partial charge >= 0.3 is 0 Å². The van der Waals surface area contributed by atoms with Crippen LogP contribution in [0.4, 0.5) is 11.4 Å². The molecular formula is C12H11ClN2OS. The Kier molecular flexibility index (Phi) is 3.36. The van der Waals surface area contributed by atoms with Gasteiger partial charge in [0, 0.05) is 5.38 Å². The van der Waals surface area contributed by atoms with Gasteiger partial charge < -0.3 is 11.1 Å². The number of nitrogens with one attached hydrogen (secondary N) is 1. The number of nitrogen functional groups attached to an aromatic ring is 1. The highest BCUT2D eigenvalue weighted by Gasteiger charge is 2.13. The number of carbonyl (C=O) groups excluding carboxylic acids is 1. The van der Waals surface area contributed by atoms with Gasteiger partial charge in [0.25, 0.3) is 5.91 Å². The summed E-state index contributed by atoms with van der Waals surface area (Å²) in [6, 6.07) is 5.12. The molecule has 0 spiro atoms. The Morgan fingerprint density at radius 2 is 2.18 bits per heavy atom. The van der Waals surface area contributed by atoms with Crippen LogP contribution in [0.15, 0.2) is 29.0 Å². The van der Waals surface area contributed by atoms with E-state index in [1.165, 1.54) is 11.3 Å². The SMILES string of the molecule is Cc1cscc1C(=O)Nc1c(N)cccc1Cl. The van der Waals surface area contributed by atoms with Crippen molar-refractivity contribution in [2.24, 2.45) is 0 Å². The third kappa shape index (κ3) is 2.43. The number of nitrogens with two attached hydrogens (primary N) is 1. The van der Waals surface area contributed by atoms with Crippen molar-refractivity contribution in [1.82, 2.24) is 0 Å². The van der Waals surface area contributed by atoms with Gasteiger partial charge in [0.2, 0.25) is 0 Å². The molecule has 0 aliphatic heterocycles. The molecule has 17 heavy (non-hydrogen) atoms. The average molecular weight is 267 g/mol. The third-order valence-electron chi connectivity index (χ3n) is 2.38. The van der Waals surface area contributed by atoms with Crippen molar-refractivity contribution in [3.8, 4) is 0 Å². The lowest BCUT2D eigenvalue weighted by Gasteiger charge is -2.09. The van der Waals surface area contributed by atoms with Gasteiger partial charge in [-0.1, -0.05) is 17.7 Å². The topological polar surface area (TPSA) is 55.1 Å². The molecule has 88 valence electrons. The van der Waals surface area contributed by atoms with Crippen molar-refractivity contribution in [3.05, 3.63) is 45.1 Å². The standard InChI is InChI=1S/C12H11ClN2OS/c1-7-5-17-6-8(7)12(16)15-11-9(13)3-2-4-10(11)14/h2-6H,14H2,1H3,(H,15,16). The number of carbonyl (C=O) groups is 1. The molecule has 0 unspecified atom stereocenters. The molecule has 5 heteroatoms. The van der Waals surface area contributed by atoms with Gasteiger partial charge in [-0.3, -0.25) is 4.79 Å². The molecule has 0 saturated carbocycles. The fraction of sp³-hybridized carbons (Fsp3) is 0.0833. The van der Waals surface area contributed by atoms with Gasteiger partial charge in [0.1, 0.15) is 0 Å². The van der Waals surface area contributed by atoms with Gasteiger partial charge in [-0.25, -0.2) is 0 Å². The molecule has 0 atom stereocenters. The smallest absolute Gasteiger partial charge is 0.256 e. The molecule has 0 bridgehead atoms. The van der Waals surface area contributed by atoms with Crippen molar-refractivity contribution in [1.29, 1.82) is 0 Å². The van der Waals surface area contributed by atoms with E-state index in [-0.39, 0.29) is 5.91 Å². The molecular weight excluding hydrogens is 256 g/mol. The van der Waals surface area contributed by atoms with Crippen molar-refractivity contribution >= 4 is 40.2 Å². The third-order valence-corrected chi connectivity index (χ3v) is 3.56. The van der Waals surface area contributed by atoms with E-state index < -0.39 is 0 Å². The maximum atomic E-state index is 12.0. The van der Waals surface area contributed by atoms with E-state index in [1.807, 2.05) is 12.3 Å². The van der Waals surface area contributed by atoms with Crippen LogP contribution in [-0.4, -0.2) is 5.91 Å². The zero-order valence-corrected chi connectivity index (χ0v) is 10.7. The minimum Gasteiger partial charge on any atom is -0.397 e. The van der Waals surface area contributed by atoms with E-state index >= 15 is 0 Å². The van der Waals surface area contributed by atoms with Gasteiger partial charge in [-0.2, -0.15) is 11.3 Å². The molecule has 2 aromatic rings. The molecule has 0 radical (unpaired) electrons. The van der Waals surface area contributed by atoms with E-state index in [9.17, 15) is 4.79 Å². The summed E-state index contributed by atoms with van der Waals surface area (Å²) in [7, 11) is 0. The van der Waals surface area contributed by atoms with Crippen LogP contribution in [0.2, 0.25) is 5.02 Å². The first kappa shape index (κ1) is 12.0. The van der Waals surface area contributed by atoms with Crippen LogP contribution in [0.3, 0.4) is 0 Å². The van der Waals surface area contributed by atoms with Crippen LogP contribution in [0.25, 0.3) is 0 Å². The van der Waals surface area contributed by atoms with Crippen LogP contribution < -0.4 is 11.1 Å². The van der Waals surface area contributed by atoms with E-state index in [0.29, 0.717) is 22.0 Å². The largest absolute Gasteiger partial charge is 0.397 e. The Balaban J connectivity index is 2.28. The van der Waals surface area contributed by atoms with Crippen molar-refractivity contribution in [2.75, 3.05) is 11.1 Å². The Bertz CT molecular complexity index is 545. The minimum absolute atomic E-state index is 0.191. The van der Waals surface area contributed by atoms with Crippen LogP contribution in [0.1, 0.15) is 15.9 Å². The van der Waals surface area contributed by atoms with E-state index in [1.54, 1.807) is 23.6 Å². The summed E-state index contributed by atoms with van der Waals surface area (Å²) in [4.78, 5) is 12.0. The van der Waals surface area contributed by atoms with Crippen LogP contribution >= 0.6 is 22.9 Å². The van der Waals surface area contributed by atoms with Gasteiger partial charge in [0.15, 0.2) is 0 Å². The summed E-state index contributed by atoms with van der Waals surface area (Å²) in [5.74, 6) is -0.191. The zero-order valence-electron chi connectivity index (χ0n) is 9.16. The second-order valence-electron chi connectivity index (χ2n) is 3.63. The number of aryl methyl sites for hydroxylation is 1. The fourth-order valence-electron chi connectivity index (χ4n) is 1.45. The summed E-state index contributed by atoms with van der Waals surface area (Å²) < 4.78 is 0. The van der Waals surface area contributed by atoms with Crippen LogP contribution in [-0.2, 0) is 0 Å². The predicted molar refractivity (Wildman–Crippen MR) is 72.9 cm³/mol.